The molecule has 0 bridgehead atoms. The molecule has 1 aromatic heterocycles. The monoisotopic (exact) mass is 803 g/mol. The van der Waals surface area contributed by atoms with Crippen LogP contribution in [0.1, 0.15) is 22.3 Å². The second-order valence-corrected chi connectivity index (χ2v) is 16.4. The molecule has 2 nitrogen and oxygen atoms in total. The maximum Gasteiger partial charge on any atom is 0.136 e. The smallest absolute Gasteiger partial charge is 0.136 e. The Balaban J connectivity index is 0.976. The van der Waals surface area contributed by atoms with Crippen molar-refractivity contribution in [1.82, 2.24) is 0 Å². The number of para-hydroxylation sites is 1. The highest BCUT2D eigenvalue weighted by atomic mass is 16.3. The van der Waals surface area contributed by atoms with Crippen LogP contribution < -0.4 is 4.90 Å². The largest absolute Gasteiger partial charge is 0.456 e. The summed E-state index contributed by atoms with van der Waals surface area (Å²) in [7, 11) is 0. The second-order valence-electron chi connectivity index (χ2n) is 16.4. The fourth-order valence-corrected chi connectivity index (χ4v) is 10.2. The summed E-state index contributed by atoms with van der Waals surface area (Å²) in [5.41, 5.74) is 19.2. The molecule has 63 heavy (non-hydrogen) atoms. The predicted octanol–water partition coefficient (Wildman–Crippen LogP) is 16.4. The minimum Gasteiger partial charge on any atom is -0.456 e. The SMILES string of the molecule is c1ccc(-c2ccc(N(c3ccccc3)c3cccc(-c4cccc(-c5cccc6oc7ccc(C8(c9ccccc9)c9ccccc9-c9ccccc98)cc7c56)c4)c3)cc2)cc1. The summed E-state index contributed by atoms with van der Waals surface area (Å²) in [4.78, 5) is 2.33. The van der Waals surface area contributed by atoms with Crippen LogP contribution in [-0.4, -0.2) is 0 Å². The van der Waals surface area contributed by atoms with Gasteiger partial charge in [0, 0.05) is 27.8 Å². The first-order valence-corrected chi connectivity index (χ1v) is 21.7. The van der Waals surface area contributed by atoms with E-state index < -0.39 is 5.41 Å². The number of fused-ring (bicyclic) bond motifs is 6. The van der Waals surface area contributed by atoms with Gasteiger partial charge in [-0.15, -0.1) is 0 Å². The molecule has 0 atom stereocenters. The lowest BCUT2D eigenvalue weighted by atomic mass is 9.67. The fraction of sp³-hybridized carbons (Fsp3) is 0.0164. The van der Waals surface area contributed by atoms with Crippen molar-refractivity contribution in [3.05, 3.63) is 271 Å². The van der Waals surface area contributed by atoms with Crippen LogP contribution in [0.2, 0.25) is 0 Å². The topological polar surface area (TPSA) is 16.4 Å². The molecule has 12 rings (SSSR count). The number of benzene rings is 10. The quantitative estimate of drug-likeness (QED) is 0.152. The summed E-state index contributed by atoms with van der Waals surface area (Å²) < 4.78 is 6.68. The molecule has 0 saturated heterocycles. The van der Waals surface area contributed by atoms with E-state index in [0.29, 0.717) is 0 Å². The van der Waals surface area contributed by atoms with Gasteiger partial charge in [0.2, 0.25) is 0 Å². The number of hydrogen-bond donors (Lipinski definition) is 0. The number of furan rings is 1. The van der Waals surface area contributed by atoms with Crippen molar-refractivity contribution in [3.8, 4) is 44.5 Å². The summed E-state index contributed by atoms with van der Waals surface area (Å²) in [6.07, 6.45) is 0. The summed E-state index contributed by atoms with van der Waals surface area (Å²) >= 11 is 0. The molecule has 11 aromatic rings. The third kappa shape index (κ3) is 6.02. The summed E-state index contributed by atoms with van der Waals surface area (Å²) in [5.74, 6) is 0. The highest BCUT2D eigenvalue weighted by Crippen LogP contribution is 2.56. The van der Waals surface area contributed by atoms with E-state index in [-0.39, 0.29) is 0 Å². The molecule has 296 valence electrons. The Kier molecular flexibility index (Phi) is 8.76. The molecule has 1 aliphatic rings. The van der Waals surface area contributed by atoms with Crippen molar-refractivity contribution in [2.24, 2.45) is 0 Å². The lowest BCUT2D eigenvalue weighted by Gasteiger charge is -2.33. The van der Waals surface area contributed by atoms with Crippen LogP contribution in [0, 0.1) is 0 Å². The van der Waals surface area contributed by atoms with Crippen molar-refractivity contribution in [3.63, 3.8) is 0 Å². The Morgan fingerprint density at radius 1 is 0.302 bits per heavy atom. The van der Waals surface area contributed by atoms with E-state index in [1.54, 1.807) is 0 Å². The van der Waals surface area contributed by atoms with Gasteiger partial charge in [0.05, 0.1) is 5.41 Å². The van der Waals surface area contributed by atoms with Gasteiger partial charge in [0.1, 0.15) is 11.2 Å². The van der Waals surface area contributed by atoms with Gasteiger partial charge in [-0.3, -0.25) is 0 Å². The highest BCUT2D eigenvalue weighted by molar-refractivity contribution is 6.13. The normalized spacial score (nSPS) is 12.6. The minimum absolute atomic E-state index is 0.496. The van der Waals surface area contributed by atoms with Gasteiger partial charge >= 0.3 is 0 Å². The minimum atomic E-state index is -0.496. The van der Waals surface area contributed by atoms with E-state index in [0.717, 1.165) is 61.3 Å². The standard InChI is InChI=1S/C61H41NO/c1-4-17-42(18-5-1)43-33-36-50(37-34-43)62(49-24-8-3-9-25-49)51-26-15-20-45(40-51)44-19-14-21-46(39-44)52-29-16-32-59-60(52)55-41-48(35-38-58(55)63-59)61(47-22-6-2-7-23-47)56-30-12-10-27-53(56)54-28-11-13-31-57(54)61/h1-41H. The van der Waals surface area contributed by atoms with Gasteiger partial charge in [-0.05, 0) is 127 Å². The van der Waals surface area contributed by atoms with Gasteiger partial charge in [0.25, 0.3) is 0 Å². The lowest BCUT2D eigenvalue weighted by molar-refractivity contribution is 0.668. The first kappa shape index (κ1) is 36.6. The lowest BCUT2D eigenvalue weighted by Crippen LogP contribution is -2.28. The average molecular weight is 804 g/mol. The molecule has 0 amide bonds. The second kappa shape index (κ2) is 15.1. The van der Waals surface area contributed by atoms with Crippen LogP contribution in [0.3, 0.4) is 0 Å². The molecule has 0 aliphatic heterocycles. The number of rotatable bonds is 8. The summed E-state index contributed by atoms with van der Waals surface area (Å²) in [5, 5.41) is 2.23. The Hall–Kier alpha value is -8.20. The zero-order chi connectivity index (χ0) is 41.7. The van der Waals surface area contributed by atoms with Crippen molar-refractivity contribution >= 4 is 39.0 Å². The van der Waals surface area contributed by atoms with Crippen LogP contribution in [0.5, 0.6) is 0 Å². The van der Waals surface area contributed by atoms with E-state index in [9.17, 15) is 0 Å². The Labute approximate surface area is 367 Å². The van der Waals surface area contributed by atoms with E-state index in [1.165, 1.54) is 44.5 Å². The molecular weight excluding hydrogens is 763 g/mol. The van der Waals surface area contributed by atoms with Gasteiger partial charge in [-0.25, -0.2) is 0 Å². The van der Waals surface area contributed by atoms with E-state index in [2.05, 4.69) is 254 Å². The van der Waals surface area contributed by atoms with Crippen molar-refractivity contribution in [2.45, 2.75) is 5.41 Å². The number of nitrogens with zero attached hydrogens (tertiary/aromatic N) is 1. The molecule has 1 aliphatic carbocycles. The van der Waals surface area contributed by atoms with Gasteiger partial charge in [-0.2, -0.15) is 0 Å². The highest BCUT2D eigenvalue weighted by Gasteiger charge is 2.46. The Bertz CT molecular complexity index is 3400. The maximum absolute atomic E-state index is 6.68. The number of anilines is 3. The summed E-state index contributed by atoms with van der Waals surface area (Å²) in [6.45, 7) is 0. The molecule has 2 heteroatoms. The molecule has 0 N–H and O–H groups in total. The van der Waals surface area contributed by atoms with Crippen LogP contribution in [-0.2, 0) is 5.41 Å². The third-order valence-corrected chi connectivity index (χ3v) is 12.9. The Morgan fingerprint density at radius 2 is 0.825 bits per heavy atom. The zero-order valence-corrected chi connectivity index (χ0v) is 34.5. The van der Waals surface area contributed by atoms with E-state index >= 15 is 0 Å². The zero-order valence-electron chi connectivity index (χ0n) is 34.5. The van der Waals surface area contributed by atoms with E-state index in [1.807, 2.05) is 0 Å². The molecule has 0 fully saturated rings. The van der Waals surface area contributed by atoms with Crippen LogP contribution in [0.15, 0.2) is 253 Å². The molecule has 0 spiro atoms. The molecule has 0 radical (unpaired) electrons. The van der Waals surface area contributed by atoms with Gasteiger partial charge in [0.15, 0.2) is 0 Å². The van der Waals surface area contributed by atoms with Crippen molar-refractivity contribution in [1.29, 1.82) is 0 Å². The third-order valence-electron chi connectivity index (χ3n) is 12.9. The molecule has 0 unspecified atom stereocenters. The first-order valence-electron chi connectivity index (χ1n) is 21.7. The molecule has 10 aromatic carbocycles. The molecule has 0 saturated carbocycles. The fourth-order valence-electron chi connectivity index (χ4n) is 10.2. The van der Waals surface area contributed by atoms with Crippen LogP contribution in [0.25, 0.3) is 66.4 Å². The molecular formula is C61H41NO. The predicted molar refractivity (Wildman–Crippen MR) is 262 cm³/mol. The summed E-state index contributed by atoms with van der Waals surface area (Å²) in [6, 6.07) is 90.0. The number of hydrogen-bond acceptors (Lipinski definition) is 2. The molecule has 1 heterocycles. The maximum atomic E-state index is 6.68. The van der Waals surface area contributed by atoms with Crippen LogP contribution >= 0.6 is 0 Å². The Morgan fingerprint density at radius 3 is 1.56 bits per heavy atom. The van der Waals surface area contributed by atoms with Crippen LogP contribution in [0.4, 0.5) is 17.1 Å². The average Bonchev–Trinajstić information content (AvgIpc) is 3.89. The van der Waals surface area contributed by atoms with Crippen molar-refractivity contribution in [2.75, 3.05) is 4.90 Å². The van der Waals surface area contributed by atoms with Crippen molar-refractivity contribution < 1.29 is 4.42 Å². The van der Waals surface area contributed by atoms with E-state index in [4.69, 9.17) is 4.42 Å². The van der Waals surface area contributed by atoms with Gasteiger partial charge < -0.3 is 9.32 Å². The van der Waals surface area contributed by atoms with Gasteiger partial charge in [-0.1, -0.05) is 188 Å². The first-order chi connectivity index (χ1) is 31.2.